The van der Waals surface area contributed by atoms with Crippen molar-refractivity contribution < 1.29 is 0 Å². The van der Waals surface area contributed by atoms with Crippen molar-refractivity contribution in [2.75, 3.05) is 18.0 Å². The highest BCUT2D eigenvalue weighted by atomic mass is 15.3. The van der Waals surface area contributed by atoms with Crippen molar-refractivity contribution in [2.45, 2.75) is 31.5 Å². The molecule has 6 rings (SSSR count). The Morgan fingerprint density at radius 3 is 2.62 bits per heavy atom. The van der Waals surface area contributed by atoms with E-state index in [0.717, 1.165) is 58.0 Å². The minimum atomic E-state index is 0.0174. The Balaban J connectivity index is 1.43. The molecule has 3 N–H and O–H groups in total. The van der Waals surface area contributed by atoms with E-state index in [1.807, 2.05) is 25.3 Å². The second-order valence-electron chi connectivity index (χ2n) is 8.88. The molecule has 0 spiro atoms. The lowest BCUT2D eigenvalue weighted by Crippen LogP contribution is -2.44. The number of benzene rings is 2. The van der Waals surface area contributed by atoms with Gasteiger partial charge in [-0.25, -0.2) is 9.97 Å². The number of hydrogen-bond donors (Lipinski definition) is 2. The fourth-order valence-corrected chi connectivity index (χ4v) is 4.91. The summed E-state index contributed by atoms with van der Waals surface area (Å²) in [4.78, 5) is 17.1. The summed E-state index contributed by atoms with van der Waals surface area (Å²) in [5, 5.41) is 4.70. The molecule has 6 nitrogen and oxygen atoms in total. The van der Waals surface area contributed by atoms with Crippen LogP contribution in [0.2, 0.25) is 0 Å². The van der Waals surface area contributed by atoms with Gasteiger partial charge < -0.3 is 16.0 Å². The third-order valence-electron chi connectivity index (χ3n) is 6.66. The van der Waals surface area contributed by atoms with E-state index in [-0.39, 0.29) is 6.04 Å². The van der Waals surface area contributed by atoms with E-state index >= 15 is 0 Å². The first-order chi connectivity index (χ1) is 15.7. The largest absolute Gasteiger partial charge is 0.350 e. The third kappa shape index (κ3) is 3.32. The molecule has 2 bridgehead atoms. The van der Waals surface area contributed by atoms with Crippen LogP contribution >= 0.6 is 0 Å². The molecule has 4 heterocycles. The van der Waals surface area contributed by atoms with E-state index in [9.17, 15) is 0 Å². The highest BCUT2D eigenvalue weighted by Gasteiger charge is 2.39. The first kappa shape index (κ1) is 19.3. The van der Waals surface area contributed by atoms with Gasteiger partial charge in [-0.3, -0.25) is 4.98 Å². The van der Waals surface area contributed by atoms with E-state index in [1.165, 1.54) is 6.42 Å². The Morgan fingerprint density at radius 2 is 1.88 bits per heavy atom. The van der Waals surface area contributed by atoms with Crippen molar-refractivity contribution in [3.05, 3.63) is 72.4 Å². The SMILES string of the molecule is CC(N)c1ccc(-c2cc(-c3nc(N4C[C@@H]5C[C@H]4CN5)c4ccccc4n3)ccn2)cc1. The molecule has 0 radical (unpaired) electrons. The average molecular weight is 423 g/mol. The zero-order valence-corrected chi connectivity index (χ0v) is 18.1. The van der Waals surface area contributed by atoms with E-state index in [0.29, 0.717) is 12.1 Å². The van der Waals surface area contributed by atoms with Crippen LogP contribution in [0.25, 0.3) is 33.5 Å². The highest BCUT2D eigenvalue weighted by molar-refractivity contribution is 5.91. The molecule has 2 aromatic heterocycles. The van der Waals surface area contributed by atoms with Crippen LogP contribution < -0.4 is 16.0 Å². The maximum Gasteiger partial charge on any atom is 0.162 e. The maximum atomic E-state index is 6.00. The summed E-state index contributed by atoms with van der Waals surface area (Å²) < 4.78 is 0. The zero-order chi connectivity index (χ0) is 21.7. The van der Waals surface area contributed by atoms with E-state index < -0.39 is 0 Å². The van der Waals surface area contributed by atoms with Crippen molar-refractivity contribution in [2.24, 2.45) is 5.73 Å². The van der Waals surface area contributed by atoms with Crippen LogP contribution in [0.1, 0.15) is 24.9 Å². The molecule has 3 atom stereocenters. The number of piperazine rings is 1. The molecule has 0 aliphatic carbocycles. The third-order valence-corrected chi connectivity index (χ3v) is 6.66. The molecule has 32 heavy (non-hydrogen) atoms. The van der Waals surface area contributed by atoms with Gasteiger partial charge in [0.15, 0.2) is 5.82 Å². The lowest BCUT2D eigenvalue weighted by molar-refractivity contribution is 0.577. The van der Waals surface area contributed by atoms with Crippen LogP contribution in [-0.2, 0) is 0 Å². The zero-order valence-electron chi connectivity index (χ0n) is 18.1. The number of nitrogens with one attached hydrogen (secondary N) is 1. The summed E-state index contributed by atoms with van der Waals surface area (Å²) in [5.74, 6) is 1.78. The number of para-hydroxylation sites is 1. The molecule has 1 unspecified atom stereocenters. The fourth-order valence-electron chi connectivity index (χ4n) is 4.91. The predicted molar refractivity (Wildman–Crippen MR) is 128 cm³/mol. The van der Waals surface area contributed by atoms with Gasteiger partial charge in [0.2, 0.25) is 0 Å². The van der Waals surface area contributed by atoms with Crippen LogP contribution in [0, 0.1) is 0 Å². The van der Waals surface area contributed by atoms with Gasteiger partial charge in [0.25, 0.3) is 0 Å². The van der Waals surface area contributed by atoms with Crippen molar-refractivity contribution in [1.29, 1.82) is 0 Å². The first-order valence-electron chi connectivity index (χ1n) is 11.2. The smallest absolute Gasteiger partial charge is 0.162 e. The number of anilines is 1. The second-order valence-corrected chi connectivity index (χ2v) is 8.88. The van der Waals surface area contributed by atoms with Crippen molar-refractivity contribution in [1.82, 2.24) is 20.3 Å². The van der Waals surface area contributed by atoms with Crippen LogP contribution in [0.15, 0.2) is 66.9 Å². The normalized spacial score (nSPS) is 20.8. The van der Waals surface area contributed by atoms with Crippen LogP contribution in [0.3, 0.4) is 0 Å². The maximum absolute atomic E-state index is 6.00. The number of fused-ring (bicyclic) bond motifs is 3. The standard InChI is InChI=1S/C26H26N6/c1-16(27)17-6-8-18(9-7-17)24-12-19(10-11-28-24)25-30-23-5-3-2-4-22(23)26(31-25)32-15-20-13-21(32)14-29-20/h2-12,16,20-21,29H,13-15,27H2,1H3/t16?,20-,21-/m0/s1. The number of pyridine rings is 1. The Bertz CT molecular complexity index is 1280. The Kier molecular flexibility index (Phi) is 4.63. The molecule has 6 heteroatoms. The molecule has 0 saturated carbocycles. The minimum absolute atomic E-state index is 0.0174. The second kappa shape index (κ2) is 7.65. The number of rotatable bonds is 4. The number of aromatic nitrogens is 3. The van der Waals surface area contributed by atoms with Crippen molar-refractivity contribution in [3.63, 3.8) is 0 Å². The molecule has 4 aromatic rings. The molecule has 2 fully saturated rings. The highest BCUT2D eigenvalue weighted by Crippen LogP contribution is 2.34. The Hall–Kier alpha value is -3.35. The number of nitrogens with zero attached hydrogens (tertiary/aromatic N) is 4. The van der Waals surface area contributed by atoms with Crippen molar-refractivity contribution in [3.8, 4) is 22.6 Å². The van der Waals surface area contributed by atoms with E-state index in [1.54, 1.807) is 0 Å². The quantitative estimate of drug-likeness (QED) is 0.519. The molecule has 160 valence electrons. The Morgan fingerprint density at radius 1 is 1.03 bits per heavy atom. The molecular weight excluding hydrogens is 396 g/mol. The van der Waals surface area contributed by atoms with Gasteiger partial charge in [-0.2, -0.15) is 0 Å². The summed E-state index contributed by atoms with van der Waals surface area (Å²) in [6, 6.07) is 21.7. The molecule has 2 aromatic carbocycles. The minimum Gasteiger partial charge on any atom is -0.350 e. The van der Waals surface area contributed by atoms with Crippen LogP contribution in [0.4, 0.5) is 5.82 Å². The molecular formula is C26H26N6. The Labute approximate surface area is 187 Å². The molecule has 0 amide bonds. The van der Waals surface area contributed by atoms with Gasteiger partial charge in [-0.1, -0.05) is 36.4 Å². The van der Waals surface area contributed by atoms with Gasteiger partial charge in [0.1, 0.15) is 5.82 Å². The van der Waals surface area contributed by atoms with E-state index in [4.69, 9.17) is 15.7 Å². The van der Waals surface area contributed by atoms with Gasteiger partial charge in [-0.05, 0) is 43.2 Å². The predicted octanol–water partition coefficient (Wildman–Crippen LogP) is 3.93. The number of nitrogens with two attached hydrogens (primary N) is 1. The van der Waals surface area contributed by atoms with Crippen LogP contribution in [0.5, 0.6) is 0 Å². The molecule has 2 saturated heterocycles. The van der Waals surface area contributed by atoms with Gasteiger partial charge in [-0.15, -0.1) is 0 Å². The average Bonchev–Trinajstić information content (AvgIpc) is 3.47. The molecule has 2 aliphatic heterocycles. The van der Waals surface area contributed by atoms with Gasteiger partial charge >= 0.3 is 0 Å². The summed E-state index contributed by atoms with van der Waals surface area (Å²) in [6.45, 7) is 4.01. The summed E-state index contributed by atoms with van der Waals surface area (Å²) in [7, 11) is 0. The van der Waals surface area contributed by atoms with Gasteiger partial charge in [0.05, 0.1) is 11.2 Å². The van der Waals surface area contributed by atoms with Gasteiger partial charge in [0, 0.05) is 53.9 Å². The topological polar surface area (TPSA) is 80.0 Å². The molecule has 2 aliphatic rings. The lowest BCUT2D eigenvalue weighted by Gasteiger charge is -2.29. The van der Waals surface area contributed by atoms with Crippen LogP contribution in [-0.4, -0.2) is 40.1 Å². The summed E-state index contributed by atoms with van der Waals surface area (Å²) in [5.41, 5.74) is 11.0. The monoisotopic (exact) mass is 422 g/mol. The van der Waals surface area contributed by atoms with Crippen molar-refractivity contribution >= 4 is 16.7 Å². The summed E-state index contributed by atoms with van der Waals surface area (Å²) in [6.07, 6.45) is 3.02. The lowest BCUT2D eigenvalue weighted by atomic mass is 10.0. The number of hydrogen-bond acceptors (Lipinski definition) is 6. The fraction of sp³-hybridized carbons (Fsp3) is 0.269. The van der Waals surface area contributed by atoms with E-state index in [2.05, 4.69) is 63.7 Å². The summed E-state index contributed by atoms with van der Waals surface area (Å²) >= 11 is 0. The first-order valence-corrected chi connectivity index (χ1v) is 11.2.